The fourth-order valence-electron chi connectivity index (χ4n) is 4.67. The molecule has 3 aromatic rings. The maximum atomic E-state index is 9.52. The van der Waals surface area contributed by atoms with Gasteiger partial charge in [0.1, 0.15) is 11.6 Å². The number of aliphatic hydroxyl groups excluding tert-OH is 2. The van der Waals surface area contributed by atoms with E-state index in [2.05, 4.69) is 79.4 Å². The number of carbonyl (C=O) groups is 1. The minimum Gasteiger partial charge on any atom is -0.479 e. The molecular weight excluding hydrogens is 578 g/mol. The second kappa shape index (κ2) is 23.6. The van der Waals surface area contributed by atoms with Gasteiger partial charge in [-0.15, -0.1) is 0 Å². The molecule has 1 atom stereocenters. The zero-order valence-corrected chi connectivity index (χ0v) is 27.1. The van der Waals surface area contributed by atoms with Crippen LogP contribution in [0.2, 0.25) is 0 Å². The summed E-state index contributed by atoms with van der Waals surface area (Å²) in [5.74, 6) is 0.634. The number of nitrogens with one attached hydrogen (secondary N) is 1. The first-order chi connectivity index (χ1) is 21.7. The van der Waals surface area contributed by atoms with Crippen LogP contribution in [0, 0.1) is 0 Å². The normalized spacial score (nSPS) is 11.5. The molecule has 2 heterocycles. The molecule has 0 saturated carbocycles. The quantitative estimate of drug-likeness (QED) is 0.144. The summed E-state index contributed by atoms with van der Waals surface area (Å²) in [6, 6.07) is 9.10. The molecule has 0 amide bonds. The first kappa shape index (κ1) is 39.3. The van der Waals surface area contributed by atoms with E-state index in [1.165, 1.54) is 56.4 Å². The van der Waals surface area contributed by atoms with Crippen molar-refractivity contribution in [3.8, 4) is 0 Å². The van der Waals surface area contributed by atoms with Crippen LogP contribution >= 0.6 is 0 Å². The van der Waals surface area contributed by atoms with E-state index in [1.807, 2.05) is 31.8 Å². The summed E-state index contributed by atoms with van der Waals surface area (Å²) >= 11 is 0. The number of H-pyrrole nitrogens is 1. The van der Waals surface area contributed by atoms with Gasteiger partial charge in [-0.05, 0) is 70.0 Å². The van der Waals surface area contributed by atoms with Gasteiger partial charge in [0.15, 0.2) is 6.10 Å². The van der Waals surface area contributed by atoms with E-state index >= 15 is 0 Å². The third-order valence-corrected chi connectivity index (χ3v) is 6.90. The van der Waals surface area contributed by atoms with Crippen molar-refractivity contribution in [2.45, 2.75) is 71.8 Å². The number of benzene rings is 1. The number of nitrogens with zero attached hydrogens (tertiary/aromatic N) is 6. The molecule has 0 saturated heterocycles. The number of imidazole rings is 2. The number of hydrogen-bond donors (Lipinski definition) is 4. The average Bonchev–Trinajstić information content (AvgIpc) is 3.68. The van der Waals surface area contributed by atoms with Gasteiger partial charge in [-0.2, -0.15) is 9.59 Å². The molecule has 0 spiro atoms. The summed E-state index contributed by atoms with van der Waals surface area (Å²) in [5.41, 5.74) is 2.68. The zero-order valence-electron chi connectivity index (χ0n) is 27.1. The van der Waals surface area contributed by atoms with Crippen LogP contribution in [0.25, 0.3) is 0 Å². The molecule has 0 bridgehead atoms. The molecule has 250 valence electrons. The highest BCUT2D eigenvalue weighted by Gasteiger charge is 2.13. The van der Waals surface area contributed by atoms with Crippen molar-refractivity contribution >= 4 is 12.1 Å². The van der Waals surface area contributed by atoms with E-state index in [4.69, 9.17) is 24.9 Å². The highest BCUT2D eigenvalue weighted by Crippen LogP contribution is 2.14. The van der Waals surface area contributed by atoms with Crippen LogP contribution in [0.15, 0.2) is 49.1 Å². The lowest BCUT2D eigenvalue weighted by molar-refractivity contribution is -0.191. The van der Waals surface area contributed by atoms with Gasteiger partial charge in [-0.25, -0.2) is 14.8 Å². The van der Waals surface area contributed by atoms with Gasteiger partial charge in [0, 0.05) is 44.9 Å². The minimum absolute atomic E-state index is 0.250. The number of rotatable bonds is 19. The lowest BCUT2D eigenvalue weighted by atomic mass is 10.1. The Kier molecular flexibility index (Phi) is 20.7. The molecule has 3 rings (SSSR count). The lowest BCUT2D eigenvalue weighted by Gasteiger charge is -2.22. The number of aromatic amines is 1. The zero-order chi connectivity index (χ0) is 33.5. The second-order valence-electron chi connectivity index (χ2n) is 10.9. The van der Waals surface area contributed by atoms with Crippen molar-refractivity contribution < 1.29 is 29.7 Å². The number of hydrogen-bond acceptors (Lipinski definition) is 10. The molecule has 4 N–H and O–H groups in total. The van der Waals surface area contributed by atoms with Gasteiger partial charge >= 0.3 is 12.1 Å². The van der Waals surface area contributed by atoms with Crippen LogP contribution in [-0.2, 0) is 47.6 Å². The van der Waals surface area contributed by atoms with Crippen molar-refractivity contribution in [3.63, 3.8) is 0 Å². The molecule has 13 heteroatoms. The van der Waals surface area contributed by atoms with Crippen LogP contribution in [0.1, 0.15) is 62.3 Å². The number of carboxylic acid groups (broad SMARTS) is 1. The van der Waals surface area contributed by atoms with E-state index < -0.39 is 18.7 Å². The molecule has 0 radical (unpaired) electrons. The monoisotopic (exact) mass is 629 g/mol. The SMILES string of the molecule is CCCN(CCC)CCCCN(C)Cc1ccc(CN(Cc2ncc[nH]2)Cc2nccn2C)cc1.O=C(O)[C@H](O)CO.O=C=O. The van der Waals surface area contributed by atoms with Crippen LogP contribution in [0.5, 0.6) is 0 Å². The van der Waals surface area contributed by atoms with Crippen LogP contribution in [0.4, 0.5) is 0 Å². The van der Waals surface area contributed by atoms with E-state index in [9.17, 15) is 4.79 Å². The number of aromatic nitrogens is 4. The first-order valence-electron chi connectivity index (χ1n) is 15.3. The van der Waals surface area contributed by atoms with Gasteiger partial charge in [-0.1, -0.05) is 38.1 Å². The topological polar surface area (TPSA) is 168 Å². The van der Waals surface area contributed by atoms with Crippen molar-refractivity contribution in [2.75, 3.05) is 39.8 Å². The molecule has 0 unspecified atom stereocenters. The summed E-state index contributed by atoms with van der Waals surface area (Å²) in [6.45, 7) is 12.1. The van der Waals surface area contributed by atoms with Gasteiger partial charge in [-0.3, -0.25) is 4.90 Å². The van der Waals surface area contributed by atoms with Crippen molar-refractivity contribution in [1.82, 2.24) is 34.2 Å². The van der Waals surface area contributed by atoms with Crippen LogP contribution in [0.3, 0.4) is 0 Å². The minimum atomic E-state index is -1.63. The van der Waals surface area contributed by atoms with E-state index in [-0.39, 0.29) is 6.15 Å². The highest BCUT2D eigenvalue weighted by atomic mass is 16.4. The van der Waals surface area contributed by atoms with Gasteiger partial charge < -0.3 is 34.7 Å². The second-order valence-corrected chi connectivity index (χ2v) is 10.9. The molecule has 45 heavy (non-hydrogen) atoms. The Hall–Kier alpha value is -3.71. The summed E-state index contributed by atoms with van der Waals surface area (Å²) in [6.07, 6.45) is 11.2. The highest BCUT2D eigenvalue weighted by molar-refractivity contribution is 5.71. The fourth-order valence-corrected chi connectivity index (χ4v) is 4.67. The Bertz CT molecular complexity index is 1190. The maximum Gasteiger partial charge on any atom is 0.373 e. The fraction of sp³-hybridized carbons (Fsp3) is 0.562. The van der Waals surface area contributed by atoms with Crippen molar-refractivity contribution in [3.05, 3.63) is 71.8 Å². The molecule has 0 aliphatic heterocycles. The molecule has 0 aliphatic carbocycles. The van der Waals surface area contributed by atoms with E-state index in [1.54, 1.807) is 0 Å². The lowest BCUT2D eigenvalue weighted by Crippen LogP contribution is -2.27. The third-order valence-electron chi connectivity index (χ3n) is 6.90. The summed E-state index contributed by atoms with van der Waals surface area (Å²) in [4.78, 5) is 45.4. The number of aryl methyl sites for hydroxylation is 1. The molecule has 1 aromatic carbocycles. The van der Waals surface area contributed by atoms with Crippen LogP contribution in [-0.4, -0.2) is 108 Å². The number of carboxylic acids is 1. The smallest absolute Gasteiger partial charge is 0.373 e. The van der Waals surface area contributed by atoms with Gasteiger partial charge in [0.05, 0.1) is 19.7 Å². The third kappa shape index (κ3) is 17.4. The Balaban J connectivity index is 0.000000879. The van der Waals surface area contributed by atoms with E-state index in [0.717, 1.165) is 44.4 Å². The maximum absolute atomic E-state index is 9.52. The van der Waals surface area contributed by atoms with Crippen molar-refractivity contribution in [1.29, 1.82) is 0 Å². The predicted molar refractivity (Wildman–Crippen MR) is 170 cm³/mol. The Labute approximate surface area is 266 Å². The molecule has 13 nitrogen and oxygen atoms in total. The Morgan fingerprint density at radius 2 is 1.51 bits per heavy atom. The summed E-state index contributed by atoms with van der Waals surface area (Å²) < 4.78 is 2.08. The summed E-state index contributed by atoms with van der Waals surface area (Å²) in [5, 5.41) is 23.7. The Morgan fingerprint density at radius 3 is 1.98 bits per heavy atom. The van der Waals surface area contributed by atoms with Gasteiger partial charge in [0.25, 0.3) is 0 Å². The predicted octanol–water partition coefficient (Wildman–Crippen LogP) is 2.52. The number of carbonyl (C=O) groups excluding carboxylic acids is 2. The number of aliphatic carboxylic acids is 1. The van der Waals surface area contributed by atoms with Crippen LogP contribution < -0.4 is 0 Å². The molecule has 0 aliphatic rings. The average molecular weight is 630 g/mol. The summed E-state index contributed by atoms with van der Waals surface area (Å²) in [7, 11) is 4.28. The molecule has 0 fully saturated rings. The molecule has 2 aromatic heterocycles. The number of unbranched alkanes of at least 4 members (excludes halogenated alkanes) is 1. The van der Waals surface area contributed by atoms with Gasteiger partial charge in [0.2, 0.25) is 0 Å². The standard InChI is InChI=1S/C28H45N7.C3H6O4.CO2/c1-5-16-34(17-6-2)19-8-7-18-32(3)21-25-9-11-26(12-10-25)22-35(23-27-29-13-14-30-27)24-28-31-15-20-33(28)4;4-1-2(5)3(6)7;2-1-3/h9-15,20H,5-8,16-19,21-24H2,1-4H3,(H,29,30);2,4-5H,1H2,(H,6,7);/t;2-;/m.1./s1. The molecular formula is C32H51N7O6. The van der Waals surface area contributed by atoms with Crippen molar-refractivity contribution in [2.24, 2.45) is 7.05 Å². The number of aliphatic hydroxyl groups is 2. The first-order valence-corrected chi connectivity index (χ1v) is 15.3. The largest absolute Gasteiger partial charge is 0.479 e. The Morgan fingerprint density at radius 1 is 0.911 bits per heavy atom. The van der Waals surface area contributed by atoms with E-state index in [0.29, 0.717) is 0 Å².